The number of benzene rings is 2. The van der Waals surface area contributed by atoms with E-state index in [1.807, 2.05) is 6.07 Å². The number of aromatic nitrogens is 2. The third-order valence-corrected chi connectivity index (χ3v) is 5.24. The van der Waals surface area contributed by atoms with E-state index in [-0.39, 0.29) is 17.7 Å². The molecule has 0 aliphatic heterocycles. The van der Waals surface area contributed by atoms with Gasteiger partial charge in [0, 0.05) is 18.3 Å². The van der Waals surface area contributed by atoms with E-state index < -0.39 is 34.8 Å². The summed E-state index contributed by atoms with van der Waals surface area (Å²) < 4.78 is 22.2. The van der Waals surface area contributed by atoms with Gasteiger partial charge in [0.1, 0.15) is 11.4 Å². The zero-order valence-corrected chi connectivity index (χ0v) is 19.4. The molecule has 3 rings (SSSR count). The van der Waals surface area contributed by atoms with Gasteiger partial charge in [0.25, 0.3) is 5.56 Å². The van der Waals surface area contributed by atoms with E-state index in [1.165, 1.54) is 29.8 Å². The largest absolute Gasteiger partial charge is 0.444 e. The molecule has 1 atom stereocenters. The number of halogens is 1. The van der Waals surface area contributed by atoms with Gasteiger partial charge in [-0.05, 0) is 39.3 Å². The summed E-state index contributed by atoms with van der Waals surface area (Å²) >= 11 is 0. The number of amides is 1. The van der Waals surface area contributed by atoms with Gasteiger partial charge in [-0.3, -0.25) is 9.36 Å². The Morgan fingerprint density at radius 1 is 1.06 bits per heavy atom. The highest BCUT2D eigenvalue weighted by molar-refractivity contribution is 5.68. The number of nitrogens with zero attached hydrogens (tertiary/aromatic N) is 2. The molecule has 174 valence electrons. The molecule has 3 aromatic rings. The van der Waals surface area contributed by atoms with Crippen molar-refractivity contribution in [2.24, 2.45) is 7.05 Å². The van der Waals surface area contributed by atoms with Gasteiger partial charge >= 0.3 is 11.8 Å². The quantitative estimate of drug-likeness (QED) is 0.635. The summed E-state index contributed by atoms with van der Waals surface area (Å²) in [7, 11) is 1.52. The van der Waals surface area contributed by atoms with Crippen LogP contribution in [0.25, 0.3) is 11.1 Å². The number of carbonyl (C=O) groups is 1. The first-order chi connectivity index (χ1) is 15.5. The minimum atomic E-state index is -0.734. The molecule has 0 aliphatic carbocycles. The number of hydrogen-bond acceptors (Lipinski definition) is 4. The van der Waals surface area contributed by atoms with Crippen LogP contribution in [-0.2, 0) is 18.3 Å². The summed E-state index contributed by atoms with van der Waals surface area (Å²) in [6.45, 7) is 6.67. The van der Waals surface area contributed by atoms with Crippen LogP contribution in [0.1, 0.15) is 38.1 Å². The van der Waals surface area contributed by atoms with Crippen molar-refractivity contribution in [3.63, 3.8) is 0 Å². The van der Waals surface area contributed by atoms with Crippen molar-refractivity contribution >= 4 is 6.09 Å². The van der Waals surface area contributed by atoms with Gasteiger partial charge in [-0.2, -0.15) is 0 Å². The van der Waals surface area contributed by atoms with E-state index in [4.69, 9.17) is 4.74 Å². The maximum Gasteiger partial charge on any atom is 0.408 e. The van der Waals surface area contributed by atoms with Crippen LogP contribution >= 0.6 is 0 Å². The van der Waals surface area contributed by atoms with Crippen LogP contribution in [0.2, 0.25) is 0 Å². The standard InChI is InChI=1S/C25H28FN3O4/c1-16-21(18-13-9-10-14-19(18)26)22(30)29(24(32)28(16)5)15-20(17-11-7-6-8-12-17)27-23(31)33-25(2,3)4/h6-14,20H,15H2,1-5H3,(H,27,31)/t20-/m0/s1. The first-order valence-corrected chi connectivity index (χ1v) is 10.6. The van der Waals surface area contributed by atoms with Crippen molar-refractivity contribution in [2.75, 3.05) is 0 Å². The van der Waals surface area contributed by atoms with Crippen molar-refractivity contribution in [2.45, 2.75) is 45.9 Å². The number of hydrogen-bond donors (Lipinski definition) is 1. The molecule has 0 aliphatic rings. The molecule has 1 N–H and O–H groups in total. The van der Waals surface area contributed by atoms with Gasteiger partial charge in [-0.15, -0.1) is 0 Å². The van der Waals surface area contributed by atoms with Crippen molar-refractivity contribution in [1.82, 2.24) is 14.5 Å². The average molecular weight is 454 g/mol. The van der Waals surface area contributed by atoms with Gasteiger partial charge < -0.3 is 14.6 Å². The van der Waals surface area contributed by atoms with E-state index in [0.717, 1.165) is 4.57 Å². The zero-order valence-electron chi connectivity index (χ0n) is 19.4. The normalized spacial score (nSPS) is 12.3. The molecular weight excluding hydrogens is 425 g/mol. The summed E-state index contributed by atoms with van der Waals surface area (Å²) in [5, 5.41) is 2.75. The Labute approximate surface area is 191 Å². The second-order valence-electron chi connectivity index (χ2n) is 8.81. The number of ether oxygens (including phenoxy) is 1. The molecule has 0 saturated carbocycles. The van der Waals surface area contributed by atoms with Crippen LogP contribution in [-0.4, -0.2) is 20.8 Å². The molecule has 0 unspecified atom stereocenters. The molecule has 0 radical (unpaired) electrons. The second kappa shape index (κ2) is 9.44. The van der Waals surface area contributed by atoms with Crippen LogP contribution in [0.3, 0.4) is 0 Å². The van der Waals surface area contributed by atoms with E-state index in [2.05, 4.69) is 5.32 Å². The maximum absolute atomic E-state index is 14.5. The fraction of sp³-hybridized carbons (Fsp3) is 0.320. The zero-order chi connectivity index (χ0) is 24.3. The number of carbonyl (C=O) groups excluding carboxylic acids is 1. The number of nitrogens with one attached hydrogen (secondary N) is 1. The number of rotatable bonds is 5. The smallest absolute Gasteiger partial charge is 0.408 e. The summed E-state index contributed by atoms with van der Waals surface area (Å²) in [5.41, 5.74) is -0.676. The molecule has 7 nitrogen and oxygen atoms in total. The Morgan fingerprint density at radius 2 is 1.67 bits per heavy atom. The molecule has 0 saturated heterocycles. The third-order valence-electron chi connectivity index (χ3n) is 5.24. The summed E-state index contributed by atoms with van der Waals surface area (Å²) in [5.74, 6) is -0.561. The highest BCUT2D eigenvalue weighted by atomic mass is 19.1. The summed E-state index contributed by atoms with van der Waals surface area (Å²) in [4.78, 5) is 39.0. The monoisotopic (exact) mass is 453 g/mol. The molecular formula is C25H28FN3O4. The fourth-order valence-electron chi connectivity index (χ4n) is 3.56. The Bertz CT molecular complexity index is 1270. The lowest BCUT2D eigenvalue weighted by Gasteiger charge is -2.25. The fourth-order valence-corrected chi connectivity index (χ4v) is 3.56. The Morgan fingerprint density at radius 3 is 2.27 bits per heavy atom. The minimum Gasteiger partial charge on any atom is -0.444 e. The van der Waals surface area contributed by atoms with E-state index in [0.29, 0.717) is 11.3 Å². The van der Waals surface area contributed by atoms with Gasteiger partial charge in [0.2, 0.25) is 0 Å². The van der Waals surface area contributed by atoms with Gasteiger partial charge in [-0.25, -0.2) is 14.0 Å². The van der Waals surface area contributed by atoms with Crippen molar-refractivity contribution in [3.05, 3.63) is 92.5 Å². The molecule has 1 amide bonds. The van der Waals surface area contributed by atoms with Crippen LogP contribution in [0.15, 0.2) is 64.2 Å². The van der Waals surface area contributed by atoms with Crippen LogP contribution in [0, 0.1) is 12.7 Å². The average Bonchev–Trinajstić information content (AvgIpc) is 2.75. The molecule has 1 heterocycles. The first kappa shape index (κ1) is 24.0. The van der Waals surface area contributed by atoms with E-state index in [1.54, 1.807) is 58.0 Å². The van der Waals surface area contributed by atoms with E-state index in [9.17, 15) is 18.8 Å². The molecule has 0 fully saturated rings. The van der Waals surface area contributed by atoms with Crippen molar-refractivity contribution in [1.29, 1.82) is 0 Å². The molecule has 0 spiro atoms. The Kier molecular flexibility index (Phi) is 6.86. The predicted octanol–water partition coefficient (Wildman–Crippen LogP) is 3.93. The molecule has 2 aromatic carbocycles. The number of alkyl carbamates (subject to hydrolysis) is 1. The first-order valence-electron chi connectivity index (χ1n) is 10.6. The van der Waals surface area contributed by atoms with E-state index >= 15 is 0 Å². The highest BCUT2D eigenvalue weighted by Crippen LogP contribution is 2.22. The molecule has 1 aromatic heterocycles. The molecule has 8 heteroatoms. The van der Waals surface area contributed by atoms with Crippen LogP contribution in [0.5, 0.6) is 0 Å². The molecule has 0 bridgehead atoms. The van der Waals surface area contributed by atoms with Crippen LogP contribution in [0.4, 0.5) is 9.18 Å². The Balaban J connectivity index is 2.12. The lowest BCUT2D eigenvalue weighted by molar-refractivity contribution is 0.0497. The van der Waals surface area contributed by atoms with Crippen LogP contribution < -0.4 is 16.6 Å². The SMILES string of the molecule is Cc1c(-c2ccccc2F)c(=O)n(C[C@H](NC(=O)OC(C)(C)C)c2ccccc2)c(=O)n1C. The minimum absolute atomic E-state index is 0.0966. The summed E-state index contributed by atoms with van der Waals surface area (Å²) in [6, 6.07) is 14.2. The molecule has 33 heavy (non-hydrogen) atoms. The van der Waals surface area contributed by atoms with Gasteiger partial charge in [0.15, 0.2) is 0 Å². The van der Waals surface area contributed by atoms with Gasteiger partial charge in [0.05, 0.1) is 18.2 Å². The van der Waals surface area contributed by atoms with Gasteiger partial charge in [-0.1, -0.05) is 48.5 Å². The lowest BCUT2D eigenvalue weighted by atomic mass is 10.0. The maximum atomic E-state index is 14.5. The predicted molar refractivity (Wildman–Crippen MR) is 125 cm³/mol. The Hall–Kier alpha value is -3.68. The topological polar surface area (TPSA) is 82.3 Å². The van der Waals surface area contributed by atoms with Crippen molar-refractivity contribution < 1.29 is 13.9 Å². The summed E-state index contributed by atoms with van der Waals surface area (Å²) in [6.07, 6.45) is -0.678. The third kappa shape index (κ3) is 5.39. The second-order valence-corrected chi connectivity index (χ2v) is 8.81. The van der Waals surface area contributed by atoms with Crippen molar-refractivity contribution in [3.8, 4) is 11.1 Å². The highest BCUT2D eigenvalue weighted by Gasteiger charge is 2.24. The lowest BCUT2D eigenvalue weighted by Crippen LogP contribution is -2.45.